The Morgan fingerprint density at radius 2 is 1.74 bits per heavy atom. The summed E-state index contributed by atoms with van der Waals surface area (Å²) in [6.45, 7) is 7.42. The van der Waals surface area contributed by atoms with Crippen LogP contribution in [0.2, 0.25) is 0 Å². The number of hydrogen-bond acceptors (Lipinski definition) is 5. The zero-order valence-electron chi connectivity index (χ0n) is 19.8. The molecule has 0 aromatic heterocycles. The molecule has 8 heteroatoms. The largest absolute Gasteiger partial charge is 0.490 e. The zero-order chi connectivity index (χ0) is 25.3. The Morgan fingerprint density at radius 3 is 2.40 bits per heavy atom. The molecule has 0 saturated carbocycles. The second-order valence-corrected chi connectivity index (χ2v) is 9.63. The third kappa shape index (κ3) is 6.80. The maximum Gasteiger partial charge on any atom is 0.264 e. The molecule has 0 heterocycles. The van der Waals surface area contributed by atoms with Gasteiger partial charge in [0.1, 0.15) is 18.9 Å². The molecule has 0 saturated heterocycles. The fraction of sp³-hybridized carbons (Fsp3) is 0.185. The van der Waals surface area contributed by atoms with E-state index < -0.39 is 22.5 Å². The third-order valence-electron chi connectivity index (χ3n) is 5.19. The highest BCUT2D eigenvalue weighted by Gasteiger charge is 2.28. The highest BCUT2D eigenvalue weighted by molar-refractivity contribution is 7.92. The van der Waals surface area contributed by atoms with Gasteiger partial charge in [0.05, 0.1) is 16.8 Å². The van der Waals surface area contributed by atoms with Gasteiger partial charge in [-0.25, -0.2) is 13.8 Å². The van der Waals surface area contributed by atoms with Crippen molar-refractivity contribution in [2.24, 2.45) is 5.10 Å². The first kappa shape index (κ1) is 25.7. The normalized spacial score (nSPS) is 11.3. The van der Waals surface area contributed by atoms with Crippen LogP contribution in [0.15, 0.2) is 95.4 Å². The molecule has 182 valence electrons. The molecule has 7 nitrogen and oxygen atoms in total. The van der Waals surface area contributed by atoms with Crippen molar-refractivity contribution in [3.8, 4) is 5.75 Å². The summed E-state index contributed by atoms with van der Waals surface area (Å²) in [6.07, 6.45) is 3.75. The topological polar surface area (TPSA) is 88.1 Å². The second-order valence-electron chi connectivity index (χ2n) is 7.77. The number of carbonyl (C=O) groups excluding carboxylic acids is 1. The summed E-state index contributed by atoms with van der Waals surface area (Å²) in [4.78, 5) is 12.9. The van der Waals surface area contributed by atoms with Crippen molar-refractivity contribution in [1.82, 2.24) is 5.43 Å². The summed E-state index contributed by atoms with van der Waals surface area (Å²) in [6, 6.07) is 20.9. The van der Waals surface area contributed by atoms with E-state index in [1.807, 2.05) is 26.0 Å². The quantitative estimate of drug-likeness (QED) is 0.244. The van der Waals surface area contributed by atoms with Crippen LogP contribution in [-0.2, 0) is 21.2 Å². The van der Waals surface area contributed by atoms with Gasteiger partial charge in [0.25, 0.3) is 15.9 Å². The van der Waals surface area contributed by atoms with E-state index in [1.54, 1.807) is 66.7 Å². The minimum absolute atomic E-state index is 0.115. The lowest BCUT2D eigenvalue weighted by Crippen LogP contribution is -2.40. The van der Waals surface area contributed by atoms with Crippen LogP contribution in [0.3, 0.4) is 0 Å². The average molecular weight is 492 g/mol. The Kier molecular flexibility index (Phi) is 8.80. The molecule has 35 heavy (non-hydrogen) atoms. The number of sulfonamides is 1. The molecular weight excluding hydrogens is 462 g/mol. The van der Waals surface area contributed by atoms with E-state index in [0.29, 0.717) is 24.5 Å². The van der Waals surface area contributed by atoms with Crippen LogP contribution in [-0.4, -0.2) is 33.7 Å². The number of hydrogen-bond donors (Lipinski definition) is 1. The van der Waals surface area contributed by atoms with Crippen LogP contribution in [0.5, 0.6) is 5.75 Å². The number of anilines is 1. The highest BCUT2D eigenvalue weighted by Crippen LogP contribution is 2.27. The number of carbonyl (C=O) groups is 1. The maximum atomic E-state index is 13.5. The van der Waals surface area contributed by atoms with E-state index >= 15 is 0 Å². The van der Waals surface area contributed by atoms with Crippen LogP contribution in [0.4, 0.5) is 5.69 Å². The summed E-state index contributed by atoms with van der Waals surface area (Å²) in [7, 11) is -3.99. The van der Waals surface area contributed by atoms with Gasteiger partial charge in [-0.15, -0.1) is 0 Å². The van der Waals surface area contributed by atoms with Crippen LogP contribution in [0.25, 0.3) is 0 Å². The fourth-order valence-corrected chi connectivity index (χ4v) is 4.80. The molecule has 3 aromatic carbocycles. The fourth-order valence-electron chi connectivity index (χ4n) is 3.34. The number of para-hydroxylation sites is 1. The van der Waals surface area contributed by atoms with Gasteiger partial charge in [0.2, 0.25) is 0 Å². The van der Waals surface area contributed by atoms with Gasteiger partial charge in [0, 0.05) is 0 Å². The van der Waals surface area contributed by atoms with Crippen molar-refractivity contribution in [3.63, 3.8) is 0 Å². The van der Waals surface area contributed by atoms with Gasteiger partial charge in [-0.3, -0.25) is 9.10 Å². The predicted octanol–water partition coefficient (Wildman–Crippen LogP) is 4.47. The van der Waals surface area contributed by atoms with Crippen LogP contribution < -0.4 is 14.5 Å². The van der Waals surface area contributed by atoms with E-state index in [1.165, 1.54) is 6.21 Å². The molecule has 0 atom stereocenters. The van der Waals surface area contributed by atoms with Crippen molar-refractivity contribution in [2.75, 3.05) is 17.5 Å². The Bertz CT molecular complexity index is 1280. The minimum Gasteiger partial charge on any atom is -0.490 e. The average Bonchev–Trinajstić information content (AvgIpc) is 2.87. The Balaban J connectivity index is 1.79. The Labute approximate surface area is 206 Å². The van der Waals surface area contributed by atoms with E-state index in [9.17, 15) is 13.2 Å². The first-order chi connectivity index (χ1) is 16.8. The predicted molar refractivity (Wildman–Crippen MR) is 139 cm³/mol. The molecule has 0 radical (unpaired) electrons. The van der Waals surface area contributed by atoms with Crippen LogP contribution in [0.1, 0.15) is 23.6 Å². The third-order valence-corrected chi connectivity index (χ3v) is 6.96. The van der Waals surface area contributed by atoms with E-state index in [2.05, 4.69) is 17.1 Å². The lowest BCUT2D eigenvalue weighted by atomic mass is 10.1. The van der Waals surface area contributed by atoms with Crippen LogP contribution >= 0.6 is 0 Å². The molecule has 3 aromatic rings. The van der Waals surface area contributed by atoms with Gasteiger partial charge in [-0.05, 0) is 66.9 Å². The van der Waals surface area contributed by atoms with Crippen molar-refractivity contribution >= 4 is 27.8 Å². The number of aryl methyl sites for hydroxylation is 2. The summed E-state index contributed by atoms with van der Waals surface area (Å²) in [5, 5.41) is 3.99. The smallest absolute Gasteiger partial charge is 0.264 e. The van der Waals surface area contributed by atoms with Crippen molar-refractivity contribution < 1.29 is 17.9 Å². The molecule has 1 N–H and O–H groups in total. The zero-order valence-corrected chi connectivity index (χ0v) is 20.7. The second kappa shape index (κ2) is 12.0. The maximum absolute atomic E-state index is 13.5. The van der Waals surface area contributed by atoms with E-state index in [0.717, 1.165) is 21.0 Å². The van der Waals surface area contributed by atoms with Gasteiger partial charge in [-0.1, -0.05) is 55.5 Å². The summed E-state index contributed by atoms with van der Waals surface area (Å²) >= 11 is 0. The first-order valence-corrected chi connectivity index (χ1v) is 12.6. The van der Waals surface area contributed by atoms with Crippen molar-refractivity contribution in [3.05, 3.63) is 102 Å². The van der Waals surface area contributed by atoms with Gasteiger partial charge >= 0.3 is 0 Å². The van der Waals surface area contributed by atoms with Crippen LogP contribution in [0, 0.1) is 6.92 Å². The number of nitrogens with one attached hydrogen (secondary N) is 1. The number of amides is 1. The lowest BCUT2D eigenvalue weighted by Gasteiger charge is -2.25. The summed E-state index contributed by atoms with van der Waals surface area (Å²) < 4.78 is 33.6. The molecule has 1 amide bonds. The molecule has 3 rings (SSSR count). The van der Waals surface area contributed by atoms with Crippen molar-refractivity contribution in [1.29, 1.82) is 0 Å². The molecular formula is C27H29N3O4S. The van der Waals surface area contributed by atoms with Gasteiger partial charge in [0.15, 0.2) is 0 Å². The molecule has 0 bridgehead atoms. The molecule has 0 unspecified atom stereocenters. The SMILES string of the molecule is C=CCOc1ccc(/C=N\NC(=O)CN(c2ccccc2CC)S(=O)(=O)c2ccc(C)cc2)cc1. The first-order valence-electron chi connectivity index (χ1n) is 11.2. The highest BCUT2D eigenvalue weighted by atomic mass is 32.2. The number of ether oxygens (including phenoxy) is 1. The van der Waals surface area contributed by atoms with E-state index in [4.69, 9.17) is 4.74 Å². The molecule has 0 fully saturated rings. The number of hydrazone groups is 1. The number of benzene rings is 3. The molecule has 0 aliphatic rings. The van der Waals surface area contributed by atoms with Gasteiger partial charge < -0.3 is 4.74 Å². The Hall–Kier alpha value is -3.91. The van der Waals surface area contributed by atoms with E-state index in [-0.39, 0.29) is 4.90 Å². The molecule has 0 aliphatic heterocycles. The Morgan fingerprint density at radius 1 is 1.06 bits per heavy atom. The molecule has 0 spiro atoms. The monoisotopic (exact) mass is 491 g/mol. The van der Waals surface area contributed by atoms with Gasteiger partial charge in [-0.2, -0.15) is 5.10 Å². The lowest BCUT2D eigenvalue weighted by molar-refractivity contribution is -0.119. The molecule has 0 aliphatic carbocycles. The number of nitrogens with zero attached hydrogens (tertiary/aromatic N) is 2. The minimum atomic E-state index is -3.99. The number of rotatable bonds is 11. The standard InChI is InChI=1S/C27H29N3O4S/c1-4-18-34-24-14-12-22(13-15-24)19-28-29-27(31)20-30(26-9-7-6-8-23(26)5-2)35(32,33)25-16-10-21(3)11-17-25/h4,6-17,19H,1,5,18,20H2,2-3H3,(H,29,31)/b28-19-. The summed E-state index contributed by atoms with van der Waals surface area (Å²) in [5.74, 6) is 0.131. The summed E-state index contributed by atoms with van der Waals surface area (Å²) in [5.41, 5.74) is 5.40. The van der Waals surface area contributed by atoms with Crippen molar-refractivity contribution in [2.45, 2.75) is 25.2 Å².